The van der Waals surface area contributed by atoms with Gasteiger partial charge in [-0.05, 0) is 44.9 Å². The third kappa shape index (κ3) is 3.97. The van der Waals surface area contributed by atoms with Gasteiger partial charge in [0.15, 0.2) is 0 Å². The lowest BCUT2D eigenvalue weighted by Crippen LogP contribution is -2.44. The molecule has 1 amide bonds. The summed E-state index contributed by atoms with van der Waals surface area (Å²) in [6.45, 7) is 8.80. The fourth-order valence-electron chi connectivity index (χ4n) is 1.87. The van der Waals surface area contributed by atoms with Crippen LogP contribution in [0.25, 0.3) is 0 Å². The summed E-state index contributed by atoms with van der Waals surface area (Å²) < 4.78 is 5.41. The molecule has 2 unspecified atom stereocenters. The van der Waals surface area contributed by atoms with E-state index in [1.54, 1.807) is 0 Å². The summed E-state index contributed by atoms with van der Waals surface area (Å²) in [4.78, 5) is 12.3. The van der Waals surface area contributed by atoms with Gasteiger partial charge in [-0.3, -0.25) is 4.79 Å². The SMILES string of the molecule is CCOc1ccc(C(C)NC(=O)C(C)(CC)CN)cc1. The van der Waals surface area contributed by atoms with Gasteiger partial charge in [-0.1, -0.05) is 19.1 Å². The minimum atomic E-state index is -0.500. The third-order valence-electron chi connectivity index (χ3n) is 3.82. The normalized spacial score (nSPS) is 15.2. The van der Waals surface area contributed by atoms with E-state index in [1.165, 1.54) is 0 Å². The average Bonchev–Trinajstić information content (AvgIpc) is 2.47. The monoisotopic (exact) mass is 278 g/mol. The first-order valence-corrected chi connectivity index (χ1v) is 7.20. The lowest BCUT2D eigenvalue weighted by Gasteiger charge is -2.27. The Morgan fingerprint density at radius 2 is 1.95 bits per heavy atom. The third-order valence-corrected chi connectivity index (χ3v) is 3.82. The van der Waals surface area contributed by atoms with Crippen LogP contribution in [0.2, 0.25) is 0 Å². The quantitative estimate of drug-likeness (QED) is 0.806. The standard InChI is InChI=1S/C16H26N2O2/c1-5-16(4,11-17)15(19)18-12(3)13-7-9-14(10-8-13)20-6-2/h7-10,12H,5-6,11,17H2,1-4H3,(H,18,19). The van der Waals surface area contributed by atoms with Gasteiger partial charge in [-0.15, -0.1) is 0 Å². The van der Waals surface area contributed by atoms with Crippen LogP contribution in [0.5, 0.6) is 5.75 Å². The zero-order chi connectivity index (χ0) is 15.2. The van der Waals surface area contributed by atoms with Gasteiger partial charge in [0.2, 0.25) is 5.91 Å². The zero-order valence-electron chi connectivity index (χ0n) is 12.9. The van der Waals surface area contributed by atoms with Crippen LogP contribution in [0.3, 0.4) is 0 Å². The molecule has 0 bridgehead atoms. The molecule has 1 aromatic carbocycles. The van der Waals surface area contributed by atoms with E-state index in [9.17, 15) is 4.79 Å². The lowest BCUT2D eigenvalue weighted by atomic mass is 9.86. The smallest absolute Gasteiger partial charge is 0.227 e. The van der Waals surface area contributed by atoms with E-state index in [0.717, 1.165) is 17.7 Å². The molecule has 0 aliphatic heterocycles. The molecule has 20 heavy (non-hydrogen) atoms. The molecule has 0 saturated carbocycles. The number of nitrogens with two attached hydrogens (primary N) is 1. The zero-order valence-corrected chi connectivity index (χ0v) is 12.9. The van der Waals surface area contributed by atoms with Crippen LogP contribution in [0.1, 0.15) is 45.7 Å². The van der Waals surface area contributed by atoms with E-state index in [-0.39, 0.29) is 11.9 Å². The van der Waals surface area contributed by atoms with E-state index in [2.05, 4.69) is 5.32 Å². The summed E-state index contributed by atoms with van der Waals surface area (Å²) in [5, 5.41) is 3.03. The molecule has 0 aromatic heterocycles. The topological polar surface area (TPSA) is 64.3 Å². The highest BCUT2D eigenvalue weighted by Gasteiger charge is 2.30. The highest BCUT2D eigenvalue weighted by molar-refractivity contribution is 5.82. The van der Waals surface area contributed by atoms with E-state index in [4.69, 9.17) is 10.5 Å². The molecule has 0 saturated heterocycles. The summed E-state index contributed by atoms with van der Waals surface area (Å²) in [5.74, 6) is 0.846. The first-order valence-electron chi connectivity index (χ1n) is 7.20. The average molecular weight is 278 g/mol. The van der Waals surface area contributed by atoms with Crippen molar-refractivity contribution in [1.82, 2.24) is 5.32 Å². The van der Waals surface area contributed by atoms with E-state index in [1.807, 2.05) is 52.0 Å². The van der Waals surface area contributed by atoms with Crippen molar-refractivity contribution in [2.24, 2.45) is 11.1 Å². The molecule has 0 fully saturated rings. The number of hydrogen-bond donors (Lipinski definition) is 2. The Balaban J connectivity index is 2.71. The maximum absolute atomic E-state index is 12.3. The Morgan fingerprint density at radius 1 is 1.35 bits per heavy atom. The second kappa shape index (κ2) is 7.29. The molecule has 1 rings (SSSR count). The number of ether oxygens (including phenoxy) is 1. The molecule has 0 heterocycles. The van der Waals surface area contributed by atoms with Gasteiger partial charge < -0.3 is 15.8 Å². The maximum atomic E-state index is 12.3. The van der Waals surface area contributed by atoms with Gasteiger partial charge in [0.25, 0.3) is 0 Å². The Kier molecular flexibility index (Phi) is 6.02. The summed E-state index contributed by atoms with van der Waals surface area (Å²) in [6, 6.07) is 7.74. The first-order chi connectivity index (χ1) is 9.46. The van der Waals surface area contributed by atoms with E-state index >= 15 is 0 Å². The van der Waals surface area contributed by atoms with Crippen LogP contribution in [0.4, 0.5) is 0 Å². The van der Waals surface area contributed by atoms with Crippen molar-refractivity contribution in [3.05, 3.63) is 29.8 Å². The van der Waals surface area contributed by atoms with Gasteiger partial charge in [-0.2, -0.15) is 0 Å². The molecule has 112 valence electrons. The Bertz CT molecular complexity index is 425. The fourth-order valence-corrected chi connectivity index (χ4v) is 1.87. The van der Waals surface area contributed by atoms with Crippen molar-refractivity contribution in [3.63, 3.8) is 0 Å². The van der Waals surface area contributed by atoms with E-state index < -0.39 is 5.41 Å². The number of amides is 1. The molecule has 3 N–H and O–H groups in total. The van der Waals surface area contributed by atoms with Crippen LogP contribution >= 0.6 is 0 Å². The molecule has 2 atom stereocenters. The predicted molar refractivity (Wildman–Crippen MR) is 81.6 cm³/mol. The highest BCUT2D eigenvalue weighted by atomic mass is 16.5. The van der Waals surface area contributed by atoms with Gasteiger partial charge in [0, 0.05) is 6.54 Å². The van der Waals surface area contributed by atoms with Crippen molar-refractivity contribution in [2.75, 3.05) is 13.2 Å². The van der Waals surface area contributed by atoms with Crippen LogP contribution in [0.15, 0.2) is 24.3 Å². The molecule has 4 heteroatoms. The predicted octanol–water partition coefficient (Wildman–Crippen LogP) is 2.64. The number of carbonyl (C=O) groups is 1. The van der Waals surface area contributed by atoms with Crippen LogP contribution in [0, 0.1) is 5.41 Å². The lowest BCUT2D eigenvalue weighted by molar-refractivity contribution is -0.130. The number of hydrogen-bond acceptors (Lipinski definition) is 3. The second-order valence-corrected chi connectivity index (χ2v) is 5.32. The second-order valence-electron chi connectivity index (χ2n) is 5.32. The van der Waals surface area contributed by atoms with Crippen LogP contribution in [-0.4, -0.2) is 19.1 Å². The number of nitrogens with one attached hydrogen (secondary N) is 1. The minimum absolute atomic E-state index is 0.00360. The Morgan fingerprint density at radius 3 is 2.40 bits per heavy atom. The fraction of sp³-hybridized carbons (Fsp3) is 0.562. The molecule has 4 nitrogen and oxygen atoms in total. The summed E-state index contributed by atoms with van der Waals surface area (Å²) in [7, 11) is 0. The van der Waals surface area contributed by atoms with Gasteiger partial charge in [0.1, 0.15) is 5.75 Å². The van der Waals surface area contributed by atoms with Crippen molar-refractivity contribution in [3.8, 4) is 5.75 Å². The molecule has 0 aliphatic rings. The summed E-state index contributed by atoms with van der Waals surface area (Å²) >= 11 is 0. The molecular weight excluding hydrogens is 252 g/mol. The van der Waals surface area contributed by atoms with Crippen molar-refractivity contribution >= 4 is 5.91 Å². The molecule has 0 radical (unpaired) electrons. The van der Waals surface area contributed by atoms with Crippen LogP contribution < -0.4 is 15.8 Å². The molecule has 0 aliphatic carbocycles. The van der Waals surface area contributed by atoms with Crippen LogP contribution in [-0.2, 0) is 4.79 Å². The van der Waals surface area contributed by atoms with Crippen molar-refractivity contribution < 1.29 is 9.53 Å². The highest BCUT2D eigenvalue weighted by Crippen LogP contribution is 2.23. The summed E-state index contributed by atoms with van der Waals surface area (Å²) in [5.41, 5.74) is 6.26. The minimum Gasteiger partial charge on any atom is -0.494 e. The van der Waals surface area contributed by atoms with Crippen molar-refractivity contribution in [1.29, 1.82) is 0 Å². The Labute approximate surface area is 121 Å². The van der Waals surface area contributed by atoms with Crippen molar-refractivity contribution in [2.45, 2.75) is 40.2 Å². The van der Waals surface area contributed by atoms with E-state index in [0.29, 0.717) is 13.2 Å². The molecule has 0 spiro atoms. The maximum Gasteiger partial charge on any atom is 0.227 e. The largest absolute Gasteiger partial charge is 0.494 e. The summed E-state index contributed by atoms with van der Waals surface area (Å²) in [6.07, 6.45) is 0.728. The molecule has 1 aromatic rings. The Hall–Kier alpha value is -1.55. The van der Waals surface area contributed by atoms with Gasteiger partial charge >= 0.3 is 0 Å². The number of benzene rings is 1. The number of carbonyl (C=O) groups excluding carboxylic acids is 1. The number of rotatable bonds is 7. The van der Waals surface area contributed by atoms with Gasteiger partial charge in [-0.25, -0.2) is 0 Å². The first kappa shape index (κ1) is 16.5. The van der Waals surface area contributed by atoms with Gasteiger partial charge in [0.05, 0.1) is 18.1 Å². The molecular formula is C16H26N2O2.